The van der Waals surface area contributed by atoms with Crippen molar-refractivity contribution in [3.05, 3.63) is 40.5 Å². The van der Waals surface area contributed by atoms with Crippen LogP contribution in [-0.4, -0.2) is 39.3 Å². The lowest BCUT2D eigenvalue weighted by Gasteiger charge is -2.28. The Balaban J connectivity index is 1.55. The standard InChI is InChI=1S/C18H22ClN5S/c1-12-16-17(23(2)22-12)21-18(25-16)20-11-15(24-9-3-4-10-24)13-5-7-14(19)8-6-13/h5-8,15H,3-4,9-11H2,1-2H3,(H,20,21). The summed E-state index contributed by atoms with van der Waals surface area (Å²) in [5.41, 5.74) is 3.30. The molecular weight excluding hydrogens is 354 g/mol. The Morgan fingerprint density at radius 1 is 1.24 bits per heavy atom. The molecule has 1 saturated heterocycles. The zero-order valence-corrected chi connectivity index (χ0v) is 16.1. The van der Waals surface area contributed by atoms with E-state index in [0.717, 1.165) is 45.8 Å². The highest BCUT2D eigenvalue weighted by Crippen LogP contribution is 2.30. The molecule has 25 heavy (non-hydrogen) atoms. The molecule has 0 radical (unpaired) electrons. The molecule has 1 aromatic carbocycles. The maximum Gasteiger partial charge on any atom is 0.185 e. The minimum absolute atomic E-state index is 0.339. The minimum Gasteiger partial charge on any atom is -0.360 e. The second kappa shape index (κ2) is 6.94. The van der Waals surface area contributed by atoms with Crippen LogP contribution in [0.2, 0.25) is 5.02 Å². The summed E-state index contributed by atoms with van der Waals surface area (Å²) >= 11 is 7.75. The van der Waals surface area contributed by atoms with Gasteiger partial charge < -0.3 is 5.32 Å². The molecule has 0 bridgehead atoms. The lowest BCUT2D eigenvalue weighted by atomic mass is 10.1. The number of thiazole rings is 1. The number of halogens is 1. The van der Waals surface area contributed by atoms with Crippen molar-refractivity contribution in [2.24, 2.45) is 7.05 Å². The molecule has 3 heterocycles. The third-order valence-corrected chi connectivity index (χ3v) is 6.19. The van der Waals surface area contributed by atoms with E-state index in [1.54, 1.807) is 11.3 Å². The zero-order chi connectivity index (χ0) is 17.4. The van der Waals surface area contributed by atoms with Gasteiger partial charge in [-0.05, 0) is 50.6 Å². The molecular formula is C18H22ClN5S. The number of anilines is 1. The molecule has 1 aliphatic heterocycles. The van der Waals surface area contributed by atoms with Gasteiger partial charge in [0.1, 0.15) is 0 Å². The summed E-state index contributed by atoms with van der Waals surface area (Å²) < 4.78 is 3.01. The van der Waals surface area contributed by atoms with Crippen LogP contribution in [0.3, 0.4) is 0 Å². The summed E-state index contributed by atoms with van der Waals surface area (Å²) in [4.78, 5) is 7.26. The number of rotatable bonds is 5. The summed E-state index contributed by atoms with van der Waals surface area (Å²) in [5.74, 6) is 0. The van der Waals surface area contributed by atoms with Crippen molar-refractivity contribution < 1.29 is 0 Å². The van der Waals surface area contributed by atoms with E-state index in [4.69, 9.17) is 16.6 Å². The first-order valence-corrected chi connectivity index (χ1v) is 9.85. The van der Waals surface area contributed by atoms with Gasteiger partial charge in [0.2, 0.25) is 0 Å². The Labute approximate surface area is 156 Å². The van der Waals surface area contributed by atoms with Crippen LogP contribution >= 0.6 is 22.9 Å². The Bertz CT molecular complexity index is 829. The van der Waals surface area contributed by atoms with Crippen molar-refractivity contribution in [2.75, 3.05) is 25.0 Å². The van der Waals surface area contributed by atoms with E-state index in [1.165, 1.54) is 18.4 Å². The SMILES string of the molecule is Cc1nn(C)c2nc(NCC(c3ccc(Cl)cc3)N3CCCC3)sc12. The van der Waals surface area contributed by atoms with E-state index in [0.29, 0.717) is 6.04 Å². The van der Waals surface area contributed by atoms with Crippen molar-refractivity contribution in [3.63, 3.8) is 0 Å². The van der Waals surface area contributed by atoms with Gasteiger partial charge >= 0.3 is 0 Å². The molecule has 1 unspecified atom stereocenters. The number of aromatic nitrogens is 3. The van der Waals surface area contributed by atoms with Crippen LogP contribution in [0.1, 0.15) is 30.1 Å². The van der Waals surface area contributed by atoms with Crippen LogP contribution in [0.15, 0.2) is 24.3 Å². The Morgan fingerprint density at radius 3 is 2.64 bits per heavy atom. The number of hydrogen-bond donors (Lipinski definition) is 1. The second-order valence-corrected chi connectivity index (χ2v) is 8.01. The number of nitrogens with one attached hydrogen (secondary N) is 1. The van der Waals surface area contributed by atoms with Gasteiger partial charge in [-0.3, -0.25) is 4.90 Å². The quantitative estimate of drug-likeness (QED) is 0.724. The van der Waals surface area contributed by atoms with Crippen LogP contribution in [0, 0.1) is 6.92 Å². The number of fused-ring (bicyclic) bond motifs is 1. The van der Waals surface area contributed by atoms with Crippen molar-refractivity contribution in [3.8, 4) is 0 Å². The predicted octanol–water partition coefficient (Wildman–Crippen LogP) is 4.24. The molecule has 1 aliphatic rings. The molecule has 3 aromatic rings. The van der Waals surface area contributed by atoms with Gasteiger partial charge in [-0.2, -0.15) is 5.10 Å². The summed E-state index contributed by atoms with van der Waals surface area (Å²) in [7, 11) is 1.94. The van der Waals surface area contributed by atoms with Crippen LogP contribution in [0.5, 0.6) is 0 Å². The highest BCUT2D eigenvalue weighted by Gasteiger charge is 2.24. The molecule has 0 aliphatic carbocycles. The molecule has 4 rings (SSSR count). The van der Waals surface area contributed by atoms with Gasteiger partial charge in [-0.1, -0.05) is 35.1 Å². The van der Waals surface area contributed by atoms with E-state index in [2.05, 4.69) is 27.4 Å². The molecule has 7 heteroatoms. The first-order chi connectivity index (χ1) is 12.1. The van der Waals surface area contributed by atoms with Crippen molar-refractivity contribution in [2.45, 2.75) is 25.8 Å². The van der Waals surface area contributed by atoms with E-state index in [-0.39, 0.29) is 0 Å². The van der Waals surface area contributed by atoms with E-state index >= 15 is 0 Å². The van der Waals surface area contributed by atoms with Crippen LogP contribution < -0.4 is 5.32 Å². The molecule has 0 amide bonds. The lowest BCUT2D eigenvalue weighted by molar-refractivity contribution is 0.256. The fourth-order valence-electron chi connectivity index (χ4n) is 3.54. The summed E-state index contributed by atoms with van der Waals surface area (Å²) in [6.45, 7) is 5.18. The van der Waals surface area contributed by atoms with E-state index < -0.39 is 0 Å². The number of hydrogen-bond acceptors (Lipinski definition) is 5. The molecule has 1 N–H and O–H groups in total. The number of benzene rings is 1. The average molecular weight is 376 g/mol. The van der Waals surface area contributed by atoms with Gasteiger partial charge in [0.05, 0.1) is 16.4 Å². The monoisotopic (exact) mass is 375 g/mol. The Kier molecular flexibility index (Phi) is 4.67. The predicted molar refractivity (Wildman–Crippen MR) is 105 cm³/mol. The lowest BCUT2D eigenvalue weighted by Crippen LogP contribution is -2.31. The highest BCUT2D eigenvalue weighted by molar-refractivity contribution is 7.22. The number of aryl methyl sites for hydroxylation is 2. The van der Waals surface area contributed by atoms with Crippen molar-refractivity contribution in [1.29, 1.82) is 0 Å². The first kappa shape index (κ1) is 16.8. The van der Waals surface area contributed by atoms with Crippen LogP contribution in [0.4, 0.5) is 5.13 Å². The third kappa shape index (κ3) is 3.38. The van der Waals surface area contributed by atoms with Crippen LogP contribution in [0.25, 0.3) is 10.3 Å². The molecule has 0 saturated carbocycles. The molecule has 2 aromatic heterocycles. The van der Waals surface area contributed by atoms with E-state index in [1.807, 2.05) is 30.8 Å². The summed E-state index contributed by atoms with van der Waals surface area (Å²) in [5, 5.41) is 9.72. The van der Waals surface area contributed by atoms with E-state index in [9.17, 15) is 0 Å². The number of likely N-dealkylation sites (tertiary alicyclic amines) is 1. The minimum atomic E-state index is 0.339. The highest BCUT2D eigenvalue weighted by atomic mass is 35.5. The molecule has 1 fully saturated rings. The van der Waals surface area contributed by atoms with Gasteiger partial charge in [-0.25, -0.2) is 9.67 Å². The van der Waals surface area contributed by atoms with Gasteiger partial charge in [0, 0.05) is 18.6 Å². The zero-order valence-electron chi connectivity index (χ0n) is 14.5. The van der Waals surface area contributed by atoms with Crippen molar-refractivity contribution >= 4 is 38.4 Å². The summed E-state index contributed by atoms with van der Waals surface area (Å²) in [6, 6.07) is 8.57. The van der Waals surface area contributed by atoms with Crippen molar-refractivity contribution in [1.82, 2.24) is 19.7 Å². The fourth-order valence-corrected chi connectivity index (χ4v) is 4.60. The summed E-state index contributed by atoms with van der Waals surface area (Å²) in [6.07, 6.45) is 2.55. The van der Waals surface area contributed by atoms with Crippen LogP contribution in [-0.2, 0) is 7.05 Å². The second-order valence-electron chi connectivity index (χ2n) is 6.57. The first-order valence-electron chi connectivity index (χ1n) is 8.65. The van der Waals surface area contributed by atoms with Gasteiger partial charge in [0.15, 0.2) is 10.8 Å². The molecule has 1 atom stereocenters. The van der Waals surface area contributed by atoms with Gasteiger partial charge in [-0.15, -0.1) is 0 Å². The largest absolute Gasteiger partial charge is 0.360 e. The third-order valence-electron chi connectivity index (χ3n) is 4.83. The maximum absolute atomic E-state index is 6.07. The molecule has 132 valence electrons. The molecule has 0 spiro atoms. The molecule has 5 nitrogen and oxygen atoms in total. The Hall–Kier alpha value is -1.63. The smallest absolute Gasteiger partial charge is 0.185 e. The fraction of sp³-hybridized carbons (Fsp3) is 0.444. The normalized spacial score (nSPS) is 16.6. The average Bonchev–Trinajstić information content (AvgIpc) is 3.30. The Morgan fingerprint density at radius 2 is 1.96 bits per heavy atom. The topological polar surface area (TPSA) is 46.0 Å². The number of nitrogens with zero attached hydrogens (tertiary/aromatic N) is 4. The van der Waals surface area contributed by atoms with Gasteiger partial charge in [0.25, 0.3) is 0 Å². The maximum atomic E-state index is 6.07.